The lowest BCUT2D eigenvalue weighted by molar-refractivity contribution is 0.229. The molecule has 3 rings (SSSR count). The van der Waals surface area contributed by atoms with Crippen molar-refractivity contribution in [3.8, 4) is 11.5 Å². The van der Waals surface area contributed by atoms with Gasteiger partial charge in [-0.15, -0.1) is 0 Å². The number of amides is 2. The fourth-order valence-electron chi connectivity index (χ4n) is 2.58. The Labute approximate surface area is 141 Å². The molecule has 4 N–H and O–H groups in total. The molecular formula is C17H23N5O2. The van der Waals surface area contributed by atoms with Crippen LogP contribution in [0.3, 0.4) is 0 Å². The monoisotopic (exact) mass is 329 g/mol. The van der Waals surface area contributed by atoms with Crippen LogP contribution < -0.4 is 16.4 Å². The maximum absolute atomic E-state index is 11.6. The van der Waals surface area contributed by atoms with E-state index in [9.17, 15) is 4.79 Å². The number of hydrogen-bond acceptors (Lipinski definition) is 5. The Bertz CT molecular complexity index is 704. The molecule has 2 amide bonds. The molecule has 7 heteroatoms. The van der Waals surface area contributed by atoms with Gasteiger partial charge in [0.2, 0.25) is 0 Å². The first kappa shape index (κ1) is 16.4. The van der Waals surface area contributed by atoms with Crippen LogP contribution in [0.1, 0.15) is 44.5 Å². The predicted octanol–water partition coefficient (Wildman–Crippen LogP) is 2.28. The SMILES string of the molecule is CC(C)NC(=O)NCc1ccc(-c2nc(C3(N)CCC3)no2)cc1. The van der Waals surface area contributed by atoms with Crippen molar-refractivity contribution in [2.45, 2.75) is 51.2 Å². The lowest BCUT2D eigenvalue weighted by Gasteiger charge is -2.34. The van der Waals surface area contributed by atoms with Gasteiger partial charge in [0.15, 0.2) is 5.82 Å². The highest BCUT2D eigenvalue weighted by Gasteiger charge is 2.39. The van der Waals surface area contributed by atoms with Crippen molar-refractivity contribution < 1.29 is 9.32 Å². The Balaban J connectivity index is 1.61. The van der Waals surface area contributed by atoms with Gasteiger partial charge in [-0.25, -0.2) is 4.79 Å². The van der Waals surface area contributed by atoms with E-state index in [-0.39, 0.29) is 12.1 Å². The molecule has 1 aromatic heterocycles. The number of nitrogens with one attached hydrogen (secondary N) is 2. The zero-order valence-electron chi connectivity index (χ0n) is 14.0. The topological polar surface area (TPSA) is 106 Å². The second-order valence-corrected chi connectivity index (χ2v) is 6.61. The fraction of sp³-hybridized carbons (Fsp3) is 0.471. The van der Waals surface area contributed by atoms with E-state index in [2.05, 4.69) is 20.8 Å². The molecule has 0 atom stereocenters. The minimum Gasteiger partial charge on any atom is -0.336 e. The Hall–Kier alpha value is -2.41. The Kier molecular flexibility index (Phi) is 4.53. The summed E-state index contributed by atoms with van der Waals surface area (Å²) >= 11 is 0. The van der Waals surface area contributed by atoms with Gasteiger partial charge in [0.25, 0.3) is 5.89 Å². The summed E-state index contributed by atoms with van der Waals surface area (Å²) in [5, 5.41) is 9.61. The normalized spacial score (nSPS) is 15.8. The molecule has 0 unspecified atom stereocenters. The zero-order chi connectivity index (χ0) is 17.2. The van der Waals surface area contributed by atoms with Gasteiger partial charge in [-0.05, 0) is 50.8 Å². The summed E-state index contributed by atoms with van der Waals surface area (Å²) in [5.74, 6) is 1.05. The van der Waals surface area contributed by atoms with Gasteiger partial charge in [0.05, 0.1) is 5.54 Å². The Morgan fingerprint density at radius 3 is 2.62 bits per heavy atom. The third-order valence-corrected chi connectivity index (χ3v) is 4.19. The highest BCUT2D eigenvalue weighted by Crippen LogP contribution is 2.37. The van der Waals surface area contributed by atoms with Crippen molar-refractivity contribution in [2.24, 2.45) is 5.73 Å². The minimum absolute atomic E-state index is 0.112. The fourth-order valence-corrected chi connectivity index (χ4v) is 2.58. The number of nitrogens with two attached hydrogens (primary N) is 1. The Morgan fingerprint density at radius 1 is 1.33 bits per heavy atom. The van der Waals surface area contributed by atoms with Crippen LogP contribution in [0.4, 0.5) is 4.79 Å². The lowest BCUT2D eigenvalue weighted by atomic mass is 9.77. The van der Waals surface area contributed by atoms with Crippen LogP contribution in [-0.2, 0) is 12.1 Å². The van der Waals surface area contributed by atoms with Crippen LogP contribution in [0.2, 0.25) is 0 Å². The van der Waals surface area contributed by atoms with Gasteiger partial charge in [-0.3, -0.25) is 0 Å². The molecule has 1 aromatic carbocycles. The van der Waals surface area contributed by atoms with E-state index in [1.165, 1.54) is 0 Å². The number of carbonyl (C=O) groups excluding carboxylic acids is 1. The summed E-state index contributed by atoms with van der Waals surface area (Å²) in [5.41, 5.74) is 7.62. The average Bonchev–Trinajstić information content (AvgIpc) is 3.01. The second-order valence-electron chi connectivity index (χ2n) is 6.61. The molecule has 24 heavy (non-hydrogen) atoms. The molecule has 1 saturated carbocycles. The summed E-state index contributed by atoms with van der Waals surface area (Å²) in [6, 6.07) is 7.59. The molecule has 1 aliphatic rings. The smallest absolute Gasteiger partial charge is 0.315 e. The van der Waals surface area contributed by atoms with E-state index in [0.717, 1.165) is 30.4 Å². The van der Waals surface area contributed by atoms with Crippen LogP contribution in [0.5, 0.6) is 0 Å². The maximum Gasteiger partial charge on any atom is 0.315 e. The first-order valence-corrected chi connectivity index (χ1v) is 8.23. The molecular weight excluding hydrogens is 306 g/mol. The van der Waals surface area contributed by atoms with E-state index in [1.807, 2.05) is 38.1 Å². The van der Waals surface area contributed by atoms with Crippen molar-refractivity contribution in [2.75, 3.05) is 0 Å². The van der Waals surface area contributed by atoms with E-state index >= 15 is 0 Å². The number of aromatic nitrogens is 2. The van der Waals surface area contributed by atoms with Gasteiger partial charge < -0.3 is 20.9 Å². The summed E-state index contributed by atoms with van der Waals surface area (Å²) in [7, 11) is 0. The van der Waals surface area contributed by atoms with Crippen LogP contribution >= 0.6 is 0 Å². The van der Waals surface area contributed by atoms with E-state index in [4.69, 9.17) is 10.3 Å². The van der Waals surface area contributed by atoms with Crippen molar-refractivity contribution in [1.29, 1.82) is 0 Å². The molecule has 0 radical (unpaired) electrons. The van der Waals surface area contributed by atoms with E-state index in [1.54, 1.807) is 0 Å². The molecule has 1 heterocycles. The minimum atomic E-state index is -0.421. The summed E-state index contributed by atoms with van der Waals surface area (Å²) in [4.78, 5) is 16.0. The second kappa shape index (κ2) is 6.60. The number of hydrogen-bond donors (Lipinski definition) is 3. The number of nitrogens with zero attached hydrogens (tertiary/aromatic N) is 2. The van der Waals surface area contributed by atoms with Gasteiger partial charge in [0, 0.05) is 18.2 Å². The molecule has 128 valence electrons. The average molecular weight is 329 g/mol. The third kappa shape index (κ3) is 3.56. The summed E-state index contributed by atoms with van der Waals surface area (Å²) in [6.07, 6.45) is 2.90. The molecule has 1 fully saturated rings. The van der Waals surface area contributed by atoms with Crippen molar-refractivity contribution in [3.63, 3.8) is 0 Å². The largest absolute Gasteiger partial charge is 0.336 e. The zero-order valence-corrected chi connectivity index (χ0v) is 14.0. The van der Waals surface area contributed by atoms with Crippen LogP contribution in [0.15, 0.2) is 28.8 Å². The molecule has 0 spiro atoms. The quantitative estimate of drug-likeness (QED) is 0.780. The third-order valence-electron chi connectivity index (χ3n) is 4.19. The number of rotatable bonds is 5. The van der Waals surface area contributed by atoms with Crippen LogP contribution in [0, 0.1) is 0 Å². The first-order valence-electron chi connectivity index (χ1n) is 8.23. The first-order chi connectivity index (χ1) is 11.5. The van der Waals surface area contributed by atoms with E-state index < -0.39 is 5.54 Å². The van der Waals surface area contributed by atoms with Gasteiger partial charge in [0.1, 0.15) is 0 Å². The molecule has 0 saturated heterocycles. The molecule has 0 bridgehead atoms. The predicted molar refractivity (Wildman–Crippen MR) is 90.0 cm³/mol. The highest BCUT2D eigenvalue weighted by atomic mass is 16.5. The number of carbonyl (C=O) groups is 1. The van der Waals surface area contributed by atoms with Gasteiger partial charge in [-0.2, -0.15) is 4.98 Å². The molecule has 0 aliphatic heterocycles. The number of benzene rings is 1. The molecule has 7 nitrogen and oxygen atoms in total. The van der Waals surface area contributed by atoms with Crippen LogP contribution in [-0.4, -0.2) is 22.2 Å². The van der Waals surface area contributed by atoms with Crippen molar-refractivity contribution >= 4 is 6.03 Å². The Morgan fingerprint density at radius 2 is 2.04 bits per heavy atom. The maximum atomic E-state index is 11.6. The highest BCUT2D eigenvalue weighted by molar-refractivity contribution is 5.74. The molecule has 1 aliphatic carbocycles. The van der Waals surface area contributed by atoms with Gasteiger partial charge in [-0.1, -0.05) is 17.3 Å². The standard InChI is InChI=1S/C17H23N5O2/c1-11(2)20-16(23)19-10-12-4-6-13(7-5-12)14-21-15(22-24-14)17(18)8-3-9-17/h4-7,11H,3,8-10,18H2,1-2H3,(H2,19,20,23). The van der Waals surface area contributed by atoms with Crippen LogP contribution in [0.25, 0.3) is 11.5 Å². The van der Waals surface area contributed by atoms with E-state index in [0.29, 0.717) is 18.3 Å². The molecule has 2 aromatic rings. The van der Waals surface area contributed by atoms with Crippen molar-refractivity contribution in [1.82, 2.24) is 20.8 Å². The number of urea groups is 1. The van der Waals surface area contributed by atoms with Crippen molar-refractivity contribution in [3.05, 3.63) is 35.7 Å². The van der Waals surface area contributed by atoms with Gasteiger partial charge >= 0.3 is 6.03 Å². The lowest BCUT2D eigenvalue weighted by Crippen LogP contribution is -2.44. The summed E-state index contributed by atoms with van der Waals surface area (Å²) in [6.45, 7) is 4.30. The summed E-state index contributed by atoms with van der Waals surface area (Å²) < 4.78 is 5.33.